The summed E-state index contributed by atoms with van der Waals surface area (Å²) in [5, 5.41) is 0. The first-order chi connectivity index (χ1) is 3.29. The molecule has 38 valence electrons. The molecule has 7 heavy (non-hydrogen) atoms. The molecule has 1 aliphatic carbocycles. The Balaban J connectivity index is 2.26. The molecular formula is C7H10. The topological polar surface area (TPSA) is 0 Å². The van der Waals surface area contributed by atoms with Gasteiger partial charge in [-0.05, 0) is 44.9 Å². The quantitative estimate of drug-likeness (QED) is 0.429. The van der Waals surface area contributed by atoms with Crippen LogP contribution < -0.4 is 0 Å². The normalized spacial score (nSPS) is 42.0. The van der Waals surface area contributed by atoms with Gasteiger partial charge in [0.15, 0.2) is 0 Å². The van der Waals surface area contributed by atoms with E-state index in [1.807, 2.05) is 0 Å². The molecule has 0 heterocycles. The van der Waals surface area contributed by atoms with E-state index in [1.54, 1.807) is 0 Å². The molecule has 0 aromatic carbocycles. The maximum Gasteiger partial charge on any atom is -0.0318 e. The molecule has 0 aliphatic heterocycles. The van der Waals surface area contributed by atoms with E-state index in [-0.39, 0.29) is 0 Å². The largest absolute Gasteiger partial charge is 0.0499 e. The van der Waals surface area contributed by atoms with E-state index in [4.69, 9.17) is 13.8 Å². The Morgan fingerprint density at radius 3 is 1.57 bits per heavy atom. The summed E-state index contributed by atoms with van der Waals surface area (Å²) in [6.45, 7) is 11.1. The third-order valence-corrected chi connectivity index (χ3v) is 1.51. The molecule has 2 unspecified atom stereocenters. The molecule has 0 bridgehead atoms. The average Bonchev–Trinajstić information content (AvgIpc) is 1.87. The van der Waals surface area contributed by atoms with Gasteiger partial charge >= 0.3 is 0 Å². The lowest BCUT2D eigenvalue weighted by atomic mass is 10.1. The second kappa shape index (κ2) is 1.85. The lowest BCUT2D eigenvalue weighted by Crippen LogP contribution is -1.85. The molecule has 1 fully saturated rings. The summed E-state index contributed by atoms with van der Waals surface area (Å²) in [5.41, 5.74) is 0. The Morgan fingerprint density at radius 1 is 1.00 bits per heavy atom. The van der Waals surface area contributed by atoms with Crippen molar-refractivity contribution in [3.63, 3.8) is 0 Å². The Kier molecular flexibility index (Phi) is 1.36. The highest BCUT2D eigenvalue weighted by molar-refractivity contribution is 4.77. The van der Waals surface area contributed by atoms with Crippen molar-refractivity contribution in [1.29, 1.82) is 0 Å². The van der Waals surface area contributed by atoms with Crippen molar-refractivity contribution < 1.29 is 0 Å². The summed E-state index contributed by atoms with van der Waals surface area (Å²) in [5.74, 6) is 0.796. The van der Waals surface area contributed by atoms with Crippen LogP contribution in [0, 0.1) is 25.7 Å². The van der Waals surface area contributed by atoms with Gasteiger partial charge in [-0.25, -0.2) is 0 Å². The highest BCUT2D eigenvalue weighted by Gasteiger charge is 2.16. The molecule has 0 amide bonds. The number of hydrogen-bond donors (Lipinski definition) is 0. The van der Waals surface area contributed by atoms with Crippen LogP contribution in [0.3, 0.4) is 0 Å². The van der Waals surface area contributed by atoms with Crippen LogP contribution in [0.4, 0.5) is 0 Å². The van der Waals surface area contributed by atoms with Crippen LogP contribution in [0.1, 0.15) is 19.3 Å². The minimum atomic E-state index is 0.398. The van der Waals surface area contributed by atoms with E-state index in [0.717, 1.165) is 19.3 Å². The van der Waals surface area contributed by atoms with Gasteiger partial charge in [-0.3, -0.25) is 0 Å². The molecule has 0 spiro atoms. The Bertz CT molecular complexity index is 49.1. The molecule has 1 rings (SSSR count). The van der Waals surface area contributed by atoms with Gasteiger partial charge in [-0.1, -0.05) is 0 Å². The van der Waals surface area contributed by atoms with E-state index in [2.05, 4.69) is 0 Å². The minimum absolute atomic E-state index is 0.398. The SMILES string of the molecule is [CH]C1CCC([CH])C1. The van der Waals surface area contributed by atoms with Crippen molar-refractivity contribution in [1.82, 2.24) is 0 Å². The highest BCUT2D eigenvalue weighted by atomic mass is 14.2. The summed E-state index contributed by atoms with van der Waals surface area (Å²) < 4.78 is 0. The molecule has 0 aromatic rings. The van der Waals surface area contributed by atoms with Crippen LogP contribution in [0.25, 0.3) is 0 Å². The summed E-state index contributed by atoms with van der Waals surface area (Å²) in [6, 6.07) is 0. The van der Waals surface area contributed by atoms with Gasteiger partial charge < -0.3 is 0 Å². The van der Waals surface area contributed by atoms with Crippen molar-refractivity contribution in [3.05, 3.63) is 13.8 Å². The Morgan fingerprint density at radius 2 is 1.43 bits per heavy atom. The van der Waals surface area contributed by atoms with Crippen molar-refractivity contribution in [2.24, 2.45) is 11.8 Å². The van der Waals surface area contributed by atoms with Gasteiger partial charge in [0.1, 0.15) is 0 Å². The monoisotopic (exact) mass is 94.1 g/mol. The smallest absolute Gasteiger partial charge is 0.0318 e. The first kappa shape index (κ1) is 5.14. The van der Waals surface area contributed by atoms with E-state index in [9.17, 15) is 0 Å². The Hall–Kier alpha value is 0. The van der Waals surface area contributed by atoms with Crippen molar-refractivity contribution in [2.75, 3.05) is 0 Å². The van der Waals surface area contributed by atoms with Crippen LogP contribution in [0.15, 0.2) is 0 Å². The van der Waals surface area contributed by atoms with Crippen LogP contribution in [-0.2, 0) is 0 Å². The Labute approximate surface area is 45.9 Å². The van der Waals surface area contributed by atoms with Crippen LogP contribution >= 0.6 is 0 Å². The van der Waals surface area contributed by atoms with Gasteiger partial charge in [0.2, 0.25) is 0 Å². The zero-order chi connectivity index (χ0) is 5.28. The fourth-order valence-electron chi connectivity index (χ4n) is 1.05. The van der Waals surface area contributed by atoms with E-state index < -0.39 is 0 Å². The molecule has 1 saturated carbocycles. The predicted octanol–water partition coefficient (Wildman–Crippen LogP) is 1.82. The van der Waals surface area contributed by atoms with Gasteiger partial charge in [-0.15, -0.1) is 0 Å². The number of hydrogen-bond acceptors (Lipinski definition) is 0. The minimum Gasteiger partial charge on any atom is -0.0499 e. The van der Waals surface area contributed by atoms with Gasteiger partial charge in [0.25, 0.3) is 0 Å². The lowest BCUT2D eigenvalue weighted by molar-refractivity contribution is 0.633. The fraction of sp³-hybridized carbons (Fsp3) is 0.714. The first-order valence-corrected chi connectivity index (χ1v) is 2.80. The van der Waals surface area contributed by atoms with Crippen molar-refractivity contribution >= 4 is 0 Å². The van der Waals surface area contributed by atoms with Gasteiger partial charge in [0, 0.05) is 0 Å². The predicted molar refractivity (Wildman–Crippen MR) is 29.4 cm³/mol. The first-order valence-electron chi connectivity index (χ1n) is 2.80. The maximum absolute atomic E-state index is 5.55. The molecular weight excluding hydrogens is 84.1 g/mol. The van der Waals surface area contributed by atoms with Crippen LogP contribution in [-0.4, -0.2) is 0 Å². The van der Waals surface area contributed by atoms with E-state index >= 15 is 0 Å². The molecule has 0 heteroatoms. The fourth-order valence-corrected chi connectivity index (χ4v) is 1.05. The molecule has 0 saturated heterocycles. The molecule has 0 N–H and O–H groups in total. The molecule has 2 atom stereocenters. The van der Waals surface area contributed by atoms with Crippen molar-refractivity contribution in [2.45, 2.75) is 19.3 Å². The third-order valence-electron chi connectivity index (χ3n) is 1.51. The number of rotatable bonds is 0. The summed E-state index contributed by atoms with van der Waals surface area (Å²) >= 11 is 0. The molecule has 0 aromatic heterocycles. The maximum atomic E-state index is 5.55. The van der Waals surface area contributed by atoms with Crippen LogP contribution in [0.5, 0.6) is 0 Å². The highest BCUT2D eigenvalue weighted by Crippen LogP contribution is 2.28. The van der Waals surface area contributed by atoms with Gasteiger partial charge in [0.05, 0.1) is 0 Å². The molecule has 0 nitrogen and oxygen atoms in total. The zero-order valence-electron chi connectivity index (χ0n) is 4.43. The average molecular weight is 94.2 g/mol. The molecule has 1 aliphatic rings. The standard InChI is InChI=1S/C7H10/c1-6-3-4-7(2)5-6/h1-2,6-7H,3-5H2. The zero-order valence-corrected chi connectivity index (χ0v) is 4.43. The second-order valence-corrected chi connectivity index (χ2v) is 2.33. The summed E-state index contributed by atoms with van der Waals surface area (Å²) in [4.78, 5) is 0. The lowest BCUT2D eigenvalue weighted by Gasteiger charge is -1.95. The summed E-state index contributed by atoms with van der Waals surface area (Å²) in [7, 11) is 0. The van der Waals surface area contributed by atoms with E-state index in [0.29, 0.717) is 11.8 Å². The third kappa shape index (κ3) is 1.19. The van der Waals surface area contributed by atoms with Crippen molar-refractivity contribution in [3.8, 4) is 0 Å². The van der Waals surface area contributed by atoms with Gasteiger partial charge in [-0.2, -0.15) is 0 Å². The summed E-state index contributed by atoms with van der Waals surface area (Å²) in [6.07, 6.45) is 3.28. The van der Waals surface area contributed by atoms with E-state index in [1.165, 1.54) is 0 Å². The second-order valence-electron chi connectivity index (χ2n) is 2.33. The van der Waals surface area contributed by atoms with Crippen LogP contribution in [0.2, 0.25) is 0 Å². The molecule has 4 radical (unpaired) electrons.